The average Bonchev–Trinajstić information content (AvgIpc) is 0.770. The fraction of sp³-hybridized carbons (Fsp3) is 1.00. The summed E-state index contributed by atoms with van der Waals surface area (Å²) in [5, 5.41) is 253. The normalized spacial score (nSPS) is 55.4. The number of hydrogen-bond acceptors (Lipinski definition) is 41. The van der Waals surface area contributed by atoms with E-state index < -0.39 is 303 Å². The van der Waals surface area contributed by atoms with Crippen molar-refractivity contribution < 1.29 is 203 Å². The lowest BCUT2D eigenvalue weighted by atomic mass is 9.95. The number of hydrogen-bond donors (Lipinski definition) is 23. The van der Waals surface area contributed by atoms with E-state index in [1.165, 1.54) is 34.6 Å². The van der Waals surface area contributed by atoms with E-state index in [1.807, 2.05) is 0 Å². The average molecular weight is 1410 g/mol. The molecule has 0 aromatic rings. The molecule has 0 radical (unpaired) electrons. The minimum atomic E-state index is -2.20. The van der Waals surface area contributed by atoms with Gasteiger partial charge < -0.3 is 203 Å². The van der Waals surface area contributed by atoms with Crippen molar-refractivity contribution in [2.24, 2.45) is 0 Å². The van der Waals surface area contributed by atoms with Gasteiger partial charge in [0.1, 0.15) is 189 Å². The van der Waals surface area contributed by atoms with Crippen molar-refractivity contribution in [1.82, 2.24) is 0 Å². The smallest absolute Gasteiger partial charge is 0.189 e. The van der Waals surface area contributed by atoms with Crippen LogP contribution in [0.1, 0.15) is 34.6 Å². The third-order valence-electron chi connectivity index (χ3n) is 18.8. The SMILES string of the molecule is CO[C@@H]1[C@@H](O)[C@H](C)O[C@@H](O[C@H]2[C@H](O[C@H]3[C@H](O[C@@H]4[C@@H](O)[C@H](C)O[C@@H](O[C@@H]5[C@@H](O)[C@@H](O[C@H]6O[C@H](CO)[C@@H](O)[C@H](O)[C@H]6O)O[C@H](CO)[C@H]5O)[C@@H]4O)O[C@@H](C)[C@H](O)[C@H]3O)O[C@@H](C)[C@H](O)[C@H]2O)[C@@H]1O[C@@H]1O[C@@H](C)[C@H](O)[C@@H](O)[C@H]1O[C@H]1O[C@H](CO)[C@@H](O)[C@H](O[C@H]2O[C@H](CO)[C@@H](O)[C@H](O)[C@@H]2O)[C@@H]1O. The van der Waals surface area contributed by atoms with E-state index in [2.05, 4.69) is 0 Å². The van der Waals surface area contributed by atoms with Crippen molar-refractivity contribution in [2.45, 2.75) is 311 Å². The predicted octanol–water partition coefficient (Wildman–Crippen LogP) is -14.8. The van der Waals surface area contributed by atoms with Gasteiger partial charge in [-0.05, 0) is 34.6 Å². The standard InChI is InChI=1S/C55H94O41/c1-11-21(61)32(72)44(52(81-11)91-39-23(63)14(4)80-49(36(39)76)90-41-28(68)19(10-59)88-51(38(41)78)96-48-35(75)30(70)26(66)17(8-57)86-48)93-53-45(33(73)22(62)12(2)82-53)94-55-46(42(79-6)24(64)15(5)84-55)95-54-43(31(71)20(60)13(3)83-54)92-50-37(77)40(27(67)18(9-58)87-50)89-47-34(74)29(69)25(65)16(7-56)85-47/h11-78H,7-10H2,1-6H3/t11-,12-,13-,14-,15-,16+,17+,18+,19+,20-,21-,22-,23-,24-,25+,26+,27+,28+,29-,30-,31+,32+,33+,34-,35+,36+,37-,38+,39+,40-,41-,42+,43+,44+,45+,46+,47+,48+,49-,50+,51+,52-,53-,54-,55-/m0/s1. The summed E-state index contributed by atoms with van der Waals surface area (Å²) < 4.78 is 106. The molecule has 23 N–H and O–H groups in total. The largest absolute Gasteiger partial charge is 0.394 e. The lowest BCUT2D eigenvalue weighted by Crippen LogP contribution is -2.68. The Balaban J connectivity index is 0.948. The van der Waals surface area contributed by atoms with E-state index in [9.17, 15) is 117 Å². The number of ether oxygens (including phenoxy) is 18. The lowest BCUT2D eigenvalue weighted by molar-refractivity contribution is -0.416. The monoisotopic (exact) mass is 1410 g/mol. The summed E-state index contributed by atoms with van der Waals surface area (Å²) in [6.45, 7) is 2.77. The third-order valence-corrected chi connectivity index (χ3v) is 18.8. The van der Waals surface area contributed by atoms with Crippen molar-refractivity contribution in [3.05, 3.63) is 0 Å². The van der Waals surface area contributed by atoms with E-state index in [0.29, 0.717) is 0 Å². The van der Waals surface area contributed by atoms with Crippen LogP contribution in [0.2, 0.25) is 0 Å². The Labute approximate surface area is 546 Å². The molecular formula is C55H94O41. The summed E-state index contributed by atoms with van der Waals surface area (Å²) >= 11 is 0. The summed E-state index contributed by atoms with van der Waals surface area (Å²) in [5.41, 5.74) is 0. The second kappa shape index (κ2) is 33.0. The van der Waals surface area contributed by atoms with E-state index in [0.717, 1.165) is 7.11 Å². The Morgan fingerprint density at radius 1 is 0.198 bits per heavy atom. The Kier molecular flexibility index (Phi) is 27.0. The van der Waals surface area contributed by atoms with Crippen LogP contribution in [0.5, 0.6) is 0 Å². The molecule has 45 atom stereocenters. The zero-order valence-electron chi connectivity index (χ0n) is 52.4. The molecular weight excluding hydrogens is 1320 g/mol. The molecule has 0 spiro atoms. The van der Waals surface area contributed by atoms with Crippen LogP contribution < -0.4 is 0 Å². The van der Waals surface area contributed by atoms with Gasteiger partial charge in [0, 0.05) is 7.11 Å². The van der Waals surface area contributed by atoms with Gasteiger partial charge in [0.25, 0.3) is 0 Å². The third kappa shape index (κ3) is 15.9. The first-order chi connectivity index (χ1) is 45.3. The minimum Gasteiger partial charge on any atom is -0.394 e. The van der Waals surface area contributed by atoms with Crippen molar-refractivity contribution in [3.63, 3.8) is 0 Å². The van der Waals surface area contributed by atoms with Gasteiger partial charge in [-0.15, -0.1) is 0 Å². The highest BCUT2D eigenvalue weighted by Crippen LogP contribution is 2.40. The highest BCUT2D eigenvalue weighted by atomic mass is 16.8. The number of aliphatic hydroxyl groups excluding tert-OH is 23. The molecule has 9 rings (SSSR count). The minimum absolute atomic E-state index is 0.868. The van der Waals surface area contributed by atoms with E-state index in [-0.39, 0.29) is 0 Å². The van der Waals surface area contributed by atoms with Crippen LogP contribution in [-0.4, -0.2) is 427 Å². The molecule has 0 aromatic heterocycles. The second-order valence-electron chi connectivity index (χ2n) is 25.3. The first kappa shape index (κ1) is 78.5. The van der Waals surface area contributed by atoms with Gasteiger partial charge in [0.2, 0.25) is 0 Å². The van der Waals surface area contributed by atoms with Crippen molar-refractivity contribution in [3.8, 4) is 0 Å². The number of methoxy groups -OCH3 is 1. The van der Waals surface area contributed by atoms with Gasteiger partial charge in [0.05, 0.1) is 56.9 Å². The van der Waals surface area contributed by atoms with Crippen LogP contribution in [0.25, 0.3) is 0 Å². The lowest BCUT2D eigenvalue weighted by Gasteiger charge is -2.51. The quantitative estimate of drug-likeness (QED) is 0.0507. The van der Waals surface area contributed by atoms with Gasteiger partial charge >= 0.3 is 0 Å². The van der Waals surface area contributed by atoms with Crippen molar-refractivity contribution >= 4 is 0 Å². The Bertz CT molecular complexity index is 2380. The highest BCUT2D eigenvalue weighted by molar-refractivity contribution is 5.02. The molecule has 41 nitrogen and oxygen atoms in total. The van der Waals surface area contributed by atoms with Crippen LogP contribution in [0, 0.1) is 0 Å². The maximum atomic E-state index is 11.9. The van der Waals surface area contributed by atoms with Crippen molar-refractivity contribution in [2.75, 3.05) is 33.5 Å². The molecule has 0 unspecified atom stereocenters. The maximum Gasteiger partial charge on any atom is 0.189 e. The summed E-state index contributed by atoms with van der Waals surface area (Å²) in [6, 6.07) is 0. The molecule has 9 heterocycles. The van der Waals surface area contributed by atoms with Gasteiger partial charge in [-0.3, -0.25) is 0 Å². The van der Waals surface area contributed by atoms with Gasteiger partial charge in [-0.1, -0.05) is 0 Å². The van der Waals surface area contributed by atoms with Crippen molar-refractivity contribution in [1.29, 1.82) is 0 Å². The van der Waals surface area contributed by atoms with Crippen LogP contribution in [0.15, 0.2) is 0 Å². The highest BCUT2D eigenvalue weighted by Gasteiger charge is 2.60. The summed E-state index contributed by atoms with van der Waals surface area (Å²) in [7, 11) is 1.12. The molecule has 0 saturated carbocycles. The number of aliphatic hydroxyl groups is 23. The van der Waals surface area contributed by atoms with E-state index in [1.54, 1.807) is 0 Å². The maximum absolute atomic E-state index is 11.9. The topological polar surface area (TPSA) is 631 Å². The Morgan fingerprint density at radius 2 is 0.427 bits per heavy atom. The second-order valence-corrected chi connectivity index (χ2v) is 25.3. The molecule has 9 fully saturated rings. The van der Waals surface area contributed by atoms with E-state index >= 15 is 0 Å². The molecule has 0 amide bonds. The summed E-state index contributed by atoms with van der Waals surface area (Å²) in [4.78, 5) is 0. The molecule has 0 aromatic carbocycles. The molecule has 0 aliphatic carbocycles. The van der Waals surface area contributed by atoms with Gasteiger partial charge in [-0.25, -0.2) is 0 Å². The molecule has 0 bridgehead atoms. The van der Waals surface area contributed by atoms with Crippen LogP contribution in [-0.2, 0) is 85.3 Å². The van der Waals surface area contributed by atoms with Gasteiger partial charge in [-0.2, -0.15) is 0 Å². The Hall–Kier alpha value is -1.64. The fourth-order valence-corrected chi connectivity index (χ4v) is 12.8. The number of rotatable bonds is 21. The first-order valence-corrected chi connectivity index (χ1v) is 31.3. The van der Waals surface area contributed by atoms with Crippen LogP contribution in [0.4, 0.5) is 0 Å². The Morgan fingerprint density at radius 3 is 0.781 bits per heavy atom. The fourth-order valence-electron chi connectivity index (χ4n) is 12.8. The van der Waals surface area contributed by atoms with Gasteiger partial charge in [0.15, 0.2) is 56.6 Å². The molecule has 9 aliphatic heterocycles. The zero-order valence-corrected chi connectivity index (χ0v) is 52.4. The molecule has 96 heavy (non-hydrogen) atoms. The van der Waals surface area contributed by atoms with Crippen LogP contribution in [0.3, 0.4) is 0 Å². The molecule has 9 aliphatic rings. The zero-order chi connectivity index (χ0) is 70.5. The molecule has 560 valence electrons. The summed E-state index contributed by atoms with van der Waals surface area (Å²) in [5.74, 6) is 0. The molecule has 41 heteroatoms. The molecule has 9 saturated heterocycles. The first-order valence-electron chi connectivity index (χ1n) is 31.3. The predicted molar refractivity (Wildman–Crippen MR) is 295 cm³/mol. The van der Waals surface area contributed by atoms with E-state index in [4.69, 9.17) is 85.3 Å². The van der Waals surface area contributed by atoms with Crippen LogP contribution >= 0.6 is 0 Å². The summed E-state index contributed by atoms with van der Waals surface area (Å²) in [6.07, 6.45) is -83.7.